The van der Waals surface area contributed by atoms with Crippen molar-refractivity contribution in [3.8, 4) is 6.07 Å². The number of rotatable bonds is 7. The van der Waals surface area contributed by atoms with Gasteiger partial charge in [0, 0.05) is 0 Å². The van der Waals surface area contributed by atoms with E-state index in [1.54, 1.807) is 31.2 Å². The normalized spacial score (nSPS) is 18.9. The van der Waals surface area contributed by atoms with Crippen LogP contribution in [0.5, 0.6) is 0 Å². The smallest absolute Gasteiger partial charge is 0.325 e. The topological polar surface area (TPSA) is 102 Å². The summed E-state index contributed by atoms with van der Waals surface area (Å²) in [5.74, 6) is -0.383. The minimum atomic E-state index is -1.30. The molecule has 1 saturated heterocycles. The second kappa shape index (κ2) is 9.45. The zero-order chi connectivity index (χ0) is 24.3. The minimum Gasteiger partial charge on any atom is -0.347 e. The van der Waals surface area contributed by atoms with Crippen LogP contribution in [0.25, 0.3) is 0 Å². The summed E-state index contributed by atoms with van der Waals surface area (Å²) in [6.45, 7) is 9.50. The van der Waals surface area contributed by atoms with E-state index in [0.717, 1.165) is 10.5 Å². The number of urea groups is 1. The molecule has 0 spiro atoms. The predicted octanol–water partition coefficient (Wildman–Crippen LogP) is 3.96. The highest BCUT2D eigenvalue weighted by Gasteiger charge is 2.49. The Morgan fingerprint density at radius 2 is 1.61 bits per heavy atom. The van der Waals surface area contributed by atoms with Crippen LogP contribution in [0.15, 0.2) is 48.5 Å². The molecular formula is C26H30N4O3. The zero-order valence-corrected chi connectivity index (χ0v) is 19.7. The van der Waals surface area contributed by atoms with Crippen LogP contribution < -0.4 is 10.6 Å². The highest BCUT2D eigenvalue weighted by molar-refractivity contribution is 6.09. The van der Waals surface area contributed by atoms with Gasteiger partial charge in [-0.1, -0.05) is 64.1 Å². The second-order valence-corrected chi connectivity index (χ2v) is 9.25. The van der Waals surface area contributed by atoms with Crippen molar-refractivity contribution in [3.05, 3.63) is 70.8 Å². The Morgan fingerprint density at radius 3 is 2.12 bits per heavy atom. The molecule has 0 bridgehead atoms. The van der Waals surface area contributed by atoms with Gasteiger partial charge in [0.05, 0.1) is 17.7 Å². The molecule has 0 saturated carbocycles. The largest absolute Gasteiger partial charge is 0.347 e. The van der Waals surface area contributed by atoms with Crippen LogP contribution in [-0.4, -0.2) is 29.3 Å². The summed E-state index contributed by atoms with van der Waals surface area (Å²) in [5, 5.41) is 14.7. The fraction of sp³-hybridized carbons (Fsp3) is 0.385. The molecule has 1 aliphatic heterocycles. The number of nitrogens with one attached hydrogen (secondary N) is 2. The molecule has 1 aliphatic rings. The van der Waals surface area contributed by atoms with Crippen molar-refractivity contribution in [1.29, 1.82) is 5.26 Å². The number of hydrogen-bond acceptors (Lipinski definition) is 4. The average Bonchev–Trinajstić information content (AvgIpc) is 3.01. The summed E-state index contributed by atoms with van der Waals surface area (Å²) >= 11 is 0. The van der Waals surface area contributed by atoms with Crippen LogP contribution in [0.2, 0.25) is 0 Å². The molecule has 2 N–H and O–H groups in total. The number of hydrogen-bond donors (Lipinski definition) is 2. The van der Waals surface area contributed by atoms with Crippen LogP contribution in [0.1, 0.15) is 68.8 Å². The number of carbonyl (C=O) groups excluding carboxylic acids is 3. The van der Waals surface area contributed by atoms with Gasteiger partial charge in [-0.2, -0.15) is 5.26 Å². The van der Waals surface area contributed by atoms with E-state index in [1.165, 1.54) is 5.56 Å². The molecule has 2 aromatic carbocycles. The SMILES string of the molecule is CC(C)c1ccc(C(NC(=O)CN2C(=O)NC(C)(c3ccc(C#N)cc3)C2=O)C(C)C)cc1. The summed E-state index contributed by atoms with van der Waals surface area (Å²) < 4.78 is 0. The van der Waals surface area contributed by atoms with E-state index in [9.17, 15) is 14.4 Å². The third-order valence-electron chi connectivity index (χ3n) is 6.11. The lowest BCUT2D eigenvalue weighted by Gasteiger charge is -2.25. The van der Waals surface area contributed by atoms with Gasteiger partial charge in [-0.05, 0) is 47.6 Å². The quantitative estimate of drug-likeness (QED) is 0.629. The number of carbonyl (C=O) groups is 3. The van der Waals surface area contributed by atoms with Gasteiger partial charge in [0.1, 0.15) is 12.1 Å². The predicted molar refractivity (Wildman–Crippen MR) is 125 cm³/mol. The van der Waals surface area contributed by atoms with Gasteiger partial charge in [0.15, 0.2) is 0 Å². The van der Waals surface area contributed by atoms with E-state index in [4.69, 9.17) is 5.26 Å². The highest BCUT2D eigenvalue weighted by Crippen LogP contribution is 2.29. The summed E-state index contributed by atoms with van der Waals surface area (Å²) in [4.78, 5) is 39.5. The molecule has 172 valence electrons. The molecular weight excluding hydrogens is 416 g/mol. The van der Waals surface area contributed by atoms with Gasteiger partial charge in [-0.15, -0.1) is 0 Å². The first-order valence-electron chi connectivity index (χ1n) is 11.1. The van der Waals surface area contributed by atoms with Crippen LogP contribution in [0.3, 0.4) is 0 Å². The van der Waals surface area contributed by atoms with Gasteiger partial charge < -0.3 is 10.6 Å². The lowest BCUT2D eigenvalue weighted by molar-refractivity contribution is -0.135. The molecule has 2 atom stereocenters. The minimum absolute atomic E-state index is 0.117. The molecule has 7 heteroatoms. The van der Waals surface area contributed by atoms with Gasteiger partial charge in [-0.3, -0.25) is 14.5 Å². The number of benzene rings is 2. The molecule has 2 aromatic rings. The van der Waals surface area contributed by atoms with E-state index in [1.807, 2.05) is 32.0 Å². The van der Waals surface area contributed by atoms with Crippen molar-refractivity contribution in [2.45, 2.75) is 52.1 Å². The molecule has 1 heterocycles. The maximum Gasteiger partial charge on any atom is 0.325 e. The lowest BCUT2D eigenvalue weighted by atomic mass is 9.91. The maximum atomic E-state index is 13.1. The molecule has 0 radical (unpaired) electrons. The van der Waals surface area contributed by atoms with E-state index in [0.29, 0.717) is 17.0 Å². The average molecular weight is 447 g/mol. The first kappa shape index (κ1) is 24.0. The Bertz CT molecular complexity index is 1080. The molecule has 0 aromatic heterocycles. The molecule has 1 fully saturated rings. The van der Waals surface area contributed by atoms with Crippen LogP contribution in [0.4, 0.5) is 4.79 Å². The fourth-order valence-electron chi connectivity index (χ4n) is 4.00. The highest BCUT2D eigenvalue weighted by atomic mass is 16.2. The third-order valence-corrected chi connectivity index (χ3v) is 6.11. The molecule has 33 heavy (non-hydrogen) atoms. The van der Waals surface area contributed by atoms with E-state index in [2.05, 4.69) is 36.6 Å². The maximum absolute atomic E-state index is 13.1. The molecule has 2 unspecified atom stereocenters. The summed E-state index contributed by atoms with van der Waals surface area (Å²) in [5.41, 5.74) is 1.90. The zero-order valence-electron chi connectivity index (χ0n) is 19.7. The van der Waals surface area contributed by atoms with Crippen molar-refractivity contribution in [3.63, 3.8) is 0 Å². The molecule has 7 nitrogen and oxygen atoms in total. The van der Waals surface area contributed by atoms with Gasteiger partial charge >= 0.3 is 6.03 Å². The van der Waals surface area contributed by atoms with Crippen LogP contribution >= 0.6 is 0 Å². The number of amides is 4. The van der Waals surface area contributed by atoms with E-state index >= 15 is 0 Å². The second-order valence-electron chi connectivity index (χ2n) is 9.25. The number of imide groups is 1. The standard InChI is InChI=1S/C26H30N4O3/c1-16(2)19-8-10-20(11-9-19)23(17(3)4)28-22(31)15-30-24(32)26(5,29-25(30)33)21-12-6-18(14-27)7-13-21/h6-13,16-17,23H,15H2,1-5H3,(H,28,31)(H,29,33). The molecule has 0 aliphatic carbocycles. The monoisotopic (exact) mass is 446 g/mol. The molecule has 3 rings (SSSR count). The summed E-state index contributed by atoms with van der Waals surface area (Å²) in [6.07, 6.45) is 0. The Balaban J connectivity index is 1.73. The van der Waals surface area contributed by atoms with E-state index < -0.39 is 23.4 Å². The summed E-state index contributed by atoms with van der Waals surface area (Å²) in [6, 6.07) is 15.7. The van der Waals surface area contributed by atoms with Crippen molar-refractivity contribution in [1.82, 2.24) is 15.5 Å². The Hall–Kier alpha value is -3.66. The van der Waals surface area contributed by atoms with Crippen molar-refractivity contribution < 1.29 is 14.4 Å². The molecule has 4 amide bonds. The van der Waals surface area contributed by atoms with Crippen LogP contribution in [-0.2, 0) is 15.1 Å². The number of nitriles is 1. The Morgan fingerprint density at radius 1 is 1.03 bits per heavy atom. The first-order valence-corrected chi connectivity index (χ1v) is 11.1. The first-order chi connectivity index (χ1) is 15.6. The van der Waals surface area contributed by atoms with Crippen molar-refractivity contribution >= 4 is 17.8 Å². The van der Waals surface area contributed by atoms with Gasteiger partial charge in [-0.25, -0.2) is 4.79 Å². The number of nitrogens with zero attached hydrogens (tertiary/aromatic N) is 2. The Labute approximate surface area is 194 Å². The van der Waals surface area contributed by atoms with Crippen LogP contribution in [0, 0.1) is 17.2 Å². The lowest BCUT2D eigenvalue weighted by Crippen LogP contribution is -2.44. The van der Waals surface area contributed by atoms with E-state index in [-0.39, 0.29) is 18.5 Å². The third kappa shape index (κ3) is 4.90. The fourth-order valence-corrected chi connectivity index (χ4v) is 4.00. The van der Waals surface area contributed by atoms with Crippen molar-refractivity contribution in [2.24, 2.45) is 5.92 Å². The Kier molecular flexibility index (Phi) is 6.87. The van der Waals surface area contributed by atoms with Gasteiger partial charge in [0.25, 0.3) is 5.91 Å². The van der Waals surface area contributed by atoms with Gasteiger partial charge in [0.2, 0.25) is 5.91 Å². The summed E-state index contributed by atoms with van der Waals surface area (Å²) in [7, 11) is 0. The van der Waals surface area contributed by atoms with Crippen molar-refractivity contribution in [2.75, 3.05) is 6.54 Å².